The first-order chi connectivity index (χ1) is 13.4. The maximum Gasteiger partial charge on any atom is 0.343 e. The van der Waals surface area contributed by atoms with E-state index in [0.29, 0.717) is 0 Å². The molecule has 1 aliphatic rings. The molecule has 9 heteroatoms. The van der Waals surface area contributed by atoms with Crippen LogP contribution >= 0.6 is 0 Å². The molecule has 3 N–H and O–H groups in total. The lowest BCUT2D eigenvalue weighted by molar-refractivity contribution is -0.395. The van der Waals surface area contributed by atoms with Crippen LogP contribution in [0.1, 0.15) is 11.1 Å². The van der Waals surface area contributed by atoms with E-state index in [1.807, 2.05) is 60.7 Å². The van der Waals surface area contributed by atoms with Crippen molar-refractivity contribution >= 4 is 22.7 Å². The number of rotatable bonds is 4. The molecular weight excluding hydrogens is 364 g/mol. The second-order valence-electron chi connectivity index (χ2n) is 6.26. The van der Waals surface area contributed by atoms with E-state index >= 15 is 0 Å². The molecule has 1 aliphatic heterocycles. The summed E-state index contributed by atoms with van der Waals surface area (Å²) in [6.07, 6.45) is 0. The highest BCUT2D eigenvalue weighted by Crippen LogP contribution is 2.53. The summed E-state index contributed by atoms with van der Waals surface area (Å²) in [5.41, 5.74) is -0.952. The Balaban J connectivity index is 1.98. The molecule has 0 aromatic heterocycles. The molecule has 0 amide bonds. The van der Waals surface area contributed by atoms with Gasteiger partial charge in [0.25, 0.3) is 5.75 Å². The molecule has 0 atom stereocenters. The van der Waals surface area contributed by atoms with Crippen molar-refractivity contribution in [3.05, 3.63) is 98.1 Å². The van der Waals surface area contributed by atoms with Gasteiger partial charge in [-0.3, -0.25) is 20.2 Å². The number of anilines is 2. The summed E-state index contributed by atoms with van der Waals surface area (Å²) in [6.45, 7) is 0. The number of nitrogens with one attached hydrogen (secondary N) is 2. The Morgan fingerprint density at radius 2 is 1.36 bits per heavy atom. The van der Waals surface area contributed by atoms with Gasteiger partial charge in [-0.1, -0.05) is 60.7 Å². The van der Waals surface area contributed by atoms with Gasteiger partial charge in [0.15, 0.2) is 5.66 Å². The van der Waals surface area contributed by atoms with Gasteiger partial charge in [-0.2, -0.15) is 0 Å². The van der Waals surface area contributed by atoms with E-state index < -0.39 is 32.6 Å². The number of hydrogen-bond acceptors (Lipinski definition) is 7. The zero-order valence-electron chi connectivity index (χ0n) is 14.3. The monoisotopic (exact) mass is 378 g/mol. The van der Waals surface area contributed by atoms with E-state index in [0.717, 1.165) is 17.2 Å². The van der Waals surface area contributed by atoms with Gasteiger partial charge in [-0.25, -0.2) is 0 Å². The number of benzene rings is 3. The minimum Gasteiger partial charge on any atom is -0.497 e. The lowest BCUT2D eigenvalue weighted by Crippen LogP contribution is -2.40. The van der Waals surface area contributed by atoms with Crippen molar-refractivity contribution in [3.63, 3.8) is 0 Å². The summed E-state index contributed by atoms with van der Waals surface area (Å²) in [4.78, 5) is 21.2. The Labute approximate surface area is 158 Å². The van der Waals surface area contributed by atoms with Gasteiger partial charge in [-0.05, 0) is 0 Å². The van der Waals surface area contributed by atoms with Crippen molar-refractivity contribution in [1.29, 1.82) is 0 Å². The second-order valence-corrected chi connectivity index (χ2v) is 6.26. The fourth-order valence-electron chi connectivity index (χ4n) is 3.44. The van der Waals surface area contributed by atoms with E-state index in [-0.39, 0.29) is 11.4 Å². The third kappa shape index (κ3) is 2.49. The third-order valence-electron chi connectivity index (χ3n) is 4.68. The first-order valence-corrected chi connectivity index (χ1v) is 8.30. The van der Waals surface area contributed by atoms with Crippen LogP contribution in [0.15, 0.2) is 66.7 Å². The highest BCUT2D eigenvalue weighted by Gasteiger charge is 2.46. The van der Waals surface area contributed by atoms with E-state index in [4.69, 9.17) is 0 Å². The van der Waals surface area contributed by atoms with Crippen LogP contribution < -0.4 is 10.6 Å². The van der Waals surface area contributed by atoms with Crippen LogP contribution in [0.2, 0.25) is 0 Å². The Kier molecular flexibility index (Phi) is 3.85. The molecule has 0 unspecified atom stereocenters. The highest BCUT2D eigenvalue weighted by atomic mass is 16.6. The van der Waals surface area contributed by atoms with Crippen LogP contribution in [0.4, 0.5) is 22.7 Å². The number of fused-ring (bicyclic) bond motifs is 1. The smallest absolute Gasteiger partial charge is 0.343 e. The maximum atomic E-state index is 11.6. The van der Waals surface area contributed by atoms with E-state index in [9.17, 15) is 25.3 Å². The van der Waals surface area contributed by atoms with Gasteiger partial charge >= 0.3 is 11.4 Å². The summed E-state index contributed by atoms with van der Waals surface area (Å²) in [5.74, 6) is -0.986. The molecule has 1 heterocycles. The molecule has 9 nitrogen and oxygen atoms in total. The molecule has 4 rings (SSSR count). The van der Waals surface area contributed by atoms with Crippen molar-refractivity contribution in [2.75, 3.05) is 10.6 Å². The number of phenols is 1. The van der Waals surface area contributed by atoms with Crippen LogP contribution in [0.3, 0.4) is 0 Å². The largest absolute Gasteiger partial charge is 0.497 e. The summed E-state index contributed by atoms with van der Waals surface area (Å²) in [5, 5.41) is 39.3. The molecule has 140 valence electrons. The van der Waals surface area contributed by atoms with Crippen LogP contribution in [0.25, 0.3) is 0 Å². The second kappa shape index (κ2) is 6.23. The Morgan fingerprint density at radius 1 is 0.821 bits per heavy atom. The average molecular weight is 378 g/mol. The number of nitro groups is 2. The van der Waals surface area contributed by atoms with Gasteiger partial charge in [0, 0.05) is 17.2 Å². The van der Waals surface area contributed by atoms with Gasteiger partial charge < -0.3 is 15.7 Å². The fourth-order valence-corrected chi connectivity index (χ4v) is 3.44. The van der Waals surface area contributed by atoms with Crippen molar-refractivity contribution in [3.8, 4) is 5.75 Å². The molecule has 0 bridgehead atoms. The first-order valence-electron chi connectivity index (χ1n) is 8.30. The minimum absolute atomic E-state index is 0.0131. The highest BCUT2D eigenvalue weighted by molar-refractivity contribution is 5.92. The number of nitro benzene ring substituents is 2. The normalized spacial score (nSPS) is 13.9. The summed E-state index contributed by atoms with van der Waals surface area (Å²) < 4.78 is 0. The first kappa shape index (κ1) is 17.3. The SMILES string of the molecule is O=[N+]([O-])c1cc2c(c([N+](=O)[O-])c1O)NC(c1ccccc1)(c1ccccc1)N2. The van der Waals surface area contributed by atoms with Gasteiger partial charge in [0.2, 0.25) is 0 Å². The fraction of sp³-hybridized carbons (Fsp3) is 0.0526. The van der Waals surface area contributed by atoms with Gasteiger partial charge in [-0.15, -0.1) is 0 Å². The number of hydrogen-bond donors (Lipinski definition) is 3. The molecule has 0 saturated heterocycles. The lowest BCUT2D eigenvalue weighted by Gasteiger charge is -2.32. The number of nitrogens with zero attached hydrogens (tertiary/aromatic N) is 2. The predicted octanol–water partition coefficient (Wildman–Crippen LogP) is 3.95. The zero-order valence-corrected chi connectivity index (χ0v) is 14.3. The molecule has 3 aromatic rings. The van der Waals surface area contributed by atoms with Crippen LogP contribution in [0.5, 0.6) is 5.75 Å². The minimum atomic E-state index is -1.10. The van der Waals surface area contributed by atoms with Crippen molar-refractivity contribution < 1.29 is 15.0 Å². The summed E-state index contributed by atoms with van der Waals surface area (Å²) in [7, 11) is 0. The molecule has 0 radical (unpaired) electrons. The molecule has 0 fully saturated rings. The molecule has 28 heavy (non-hydrogen) atoms. The Bertz CT molecular complexity index is 1050. The van der Waals surface area contributed by atoms with Crippen molar-refractivity contribution in [1.82, 2.24) is 0 Å². The Hall–Kier alpha value is -4.14. The van der Waals surface area contributed by atoms with Crippen LogP contribution in [-0.4, -0.2) is 15.0 Å². The van der Waals surface area contributed by atoms with Gasteiger partial charge in [0.1, 0.15) is 5.69 Å². The molecule has 3 aromatic carbocycles. The van der Waals surface area contributed by atoms with E-state index in [1.165, 1.54) is 0 Å². The van der Waals surface area contributed by atoms with Crippen molar-refractivity contribution in [2.24, 2.45) is 0 Å². The lowest BCUT2D eigenvalue weighted by atomic mass is 9.91. The third-order valence-corrected chi connectivity index (χ3v) is 4.68. The molecule has 0 saturated carbocycles. The summed E-state index contributed by atoms with van der Waals surface area (Å²) in [6, 6.07) is 19.4. The maximum absolute atomic E-state index is 11.6. The standard InChI is InChI=1S/C19H14N4O5/c24-18-15(22(25)26)11-14-16(17(18)23(27)28)21-19(20-14,12-7-3-1-4-8-12)13-9-5-2-6-10-13/h1-11,20-21,24H. The Morgan fingerprint density at radius 3 is 1.82 bits per heavy atom. The summed E-state index contributed by atoms with van der Waals surface area (Å²) >= 11 is 0. The van der Waals surface area contributed by atoms with E-state index in [1.54, 1.807) is 0 Å². The van der Waals surface area contributed by atoms with Gasteiger partial charge in [0.05, 0.1) is 15.5 Å². The topological polar surface area (TPSA) is 131 Å². The number of phenolic OH excluding ortho intramolecular Hbond substituents is 1. The molecule has 0 spiro atoms. The van der Waals surface area contributed by atoms with Crippen molar-refractivity contribution in [2.45, 2.75) is 5.66 Å². The average Bonchev–Trinajstić information content (AvgIpc) is 3.08. The number of aromatic hydroxyl groups is 1. The van der Waals surface area contributed by atoms with Crippen LogP contribution in [0, 0.1) is 20.2 Å². The van der Waals surface area contributed by atoms with E-state index in [2.05, 4.69) is 10.6 Å². The zero-order chi connectivity index (χ0) is 19.9. The van der Waals surface area contributed by atoms with Crippen LogP contribution in [-0.2, 0) is 5.66 Å². The quantitative estimate of drug-likeness (QED) is 0.356. The molecular formula is C19H14N4O5. The predicted molar refractivity (Wildman–Crippen MR) is 102 cm³/mol. The molecule has 0 aliphatic carbocycles.